The first kappa shape index (κ1) is 19.8. The van der Waals surface area contributed by atoms with E-state index in [2.05, 4.69) is 10.1 Å². The number of carbonyl (C=O) groups excluding carboxylic acids is 3. The highest BCUT2D eigenvalue weighted by molar-refractivity contribution is 6.34. The molecule has 0 spiro atoms. The molecule has 0 aromatic heterocycles. The molecule has 2 aromatic rings. The molecule has 2 amide bonds. The van der Waals surface area contributed by atoms with Crippen LogP contribution in [0.2, 0.25) is 5.02 Å². The number of methoxy groups -OCH3 is 1. The van der Waals surface area contributed by atoms with E-state index in [0.717, 1.165) is 5.56 Å². The summed E-state index contributed by atoms with van der Waals surface area (Å²) < 4.78 is 18.9. The molecule has 28 heavy (non-hydrogen) atoms. The van der Waals surface area contributed by atoms with Crippen LogP contribution in [-0.4, -0.2) is 31.4 Å². The van der Waals surface area contributed by atoms with Gasteiger partial charge in [-0.15, -0.1) is 0 Å². The molecule has 0 radical (unpaired) electrons. The van der Waals surface area contributed by atoms with Crippen molar-refractivity contribution in [3.05, 3.63) is 58.4 Å². The van der Waals surface area contributed by atoms with Crippen molar-refractivity contribution in [2.75, 3.05) is 23.9 Å². The van der Waals surface area contributed by atoms with E-state index < -0.39 is 23.6 Å². The maximum atomic E-state index is 14.2. The molecular weight excluding hydrogens is 387 g/mol. The molecule has 6 nitrogen and oxygen atoms in total. The number of rotatable bonds is 4. The van der Waals surface area contributed by atoms with Gasteiger partial charge in [-0.3, -0.25) is 9.59 Å². The van der Waals surface area contributed by atoms with Crippen LogP contribution in [0.4, 0.5) is 15.8 Å². The number of aryl methyl sites for hydroxylation is 1. The Hall–Kier alpha value is -2.93. The average molecular weight is 405 g/mol. The summed E-state index contributed by atoms with van der Waals surface area (Å²) in [6, 6.07) is 8.92. The lowest BCUT2D eigenvalue weighted by Crippen LogP contribution is -2.28. The lowest BCUT2D eigenvalue weighted by atomic mass is 10.1. The van der Waals surface area contributed by atoms with Crippen LogP contribution in [0.5, 0.6) is 0 Å². The molecule has 0 aliphatic carbocycles. The van der Waals surface area contributed by atoms with Gasteiger partial charge in [-0.2, -0.15) is 0 Å². The predicted molar refractivity (Wildman–Crippen MR) is 103 cm³/mol. The van der Waals surface area contributed by atoms with Crippen molar-refractivity contribution >= 4 is 40.8 Å². The van der Waals surface area contributed by atoms with Crippen LogP contribution in [0.3, 0.4) is 0 Å². The predicted octanol–water partition coefficient (Wildman–Crippen LogP) is 3.57. The number of halogens is 2. The lowest BCUT2D eigenvalue weighted by Gasteiger charge is -2.18. The van der Waals surface area contributed by atoms with Gasteiger partial charge in [0.2, 0.25) is 11.8 Å². The first-order valence-electron chi connectivity index (χ1n) is 8.55. The normalized spacial score (nSPS) is 16.2. The Morgan fingerprint density at radius 1 is 1.25 bits per heavy atom. The van der Waals surface area contributed by atoms with Crippen LogP contribution < -0.4 is 10.2 Å². The van der Waals surface area contributed by atoms with E-state index in [9.17, 15) is 18.8 Å². The third-order valence-corrected chi connectivity index (χ3v) is 4.86. The number of ether oxygens (including phenoxy) is 1. The van der Waals surface area contributed by atoms with E-state index in [0.29, 0.717) is 0 Å². The maximum Gasteiger partial charge on any atom is 0.337 e. The van der Waals surface area contributed by atoms with Gasteiger partial charge in [0.15, 0.2) is 0 Å². The molecule has 3 rings (SSSR count). The third kappa shape index (κ3) is 3.99. The molecule has 8 heteroatoms. The van der Waals surface area contributed by atoms with Crippen molar-refractivity contribution in [2.24, 2.45) is 5.92 Å². The minimum absolute atomic E-state index is 0.0482. The second kappa shape index (κ2) is 7.98. The van der Waals surface area contributed by atoms with Crippen molar-refractivity contribution in [3.8, 4) is 0 Å². The number of esters is 1. The molecule has 0 bridgehead atoms. The largest absolute Gasteiger partial charge is 0.465 e. The standard InChI is InChI=1S/C20H18ClFN2O4/c1-11-3-6-17(15(22)7-11)24-10-13(9-18(24)25)19(26)23-16-8-12(20(27)28-2)4-5-14(16)21/h3-8,13H,9-10H2,1-2H3,(H,23,26). The molecule has 2 aromatic carbocycles. The fourth-order valence-electron chi connectivity index (χ4n) is 3.05. The Kier molecular flexibility index (Phi) is 5.65. The van der Waals surface area contributed by atoms with E-state index >= 15 is 0 Å². The maximum absolute atomic E-state index is 14.2. The number of hydrogen-bond donors (Lipinski definition) is 1. The minimum atomic E-state index is -0.675. The summed E-state index contributed by atoms with van der Waals surface area (Å²) in [6.45, 7) is 1.81. The number of benzene rings is 2. The van der Waals surface area contributed by atoms with Gasteiger partial charge in [0.1, 0.15) is 5.82 Å². The molecule has 146 valence electrons. The summed E-state index contributed by atoms with van der Waals surface area (Å²) in [4.78, 5) is 37.9. The summed E-state index contributed by atoms with van der Waals surface area (Å²) in [5, 5.41) is 2.88. The molecule has 0 saturated carbocycles. The number of hydrogen-bond acceptors (Lipinski definition) is 4. The first-order valence-corrected chi connectivity index (χ1v) is 8.93. The Bertz CT molecular complexity index is 963. The third-order valence-electron chi connectivity index (χ3n) is 4.54. The van der Waals surface area contributed by atoms with E-state index in [1.807, 2.05) is 0 Å². The number of anilines is 2. The van der Waals surface area contributed by atoms with Gasteiger partial charge in [-0.05, 0) is 42.8 Å². The molecule has 1 unspecified atom stereocenters. The van der Waals surface area contributed by atoms with Gasteiger partial charge < -0.3 is 15.0 Å². The molecule has 1 fully saturated rings. The van der Waals surface area contributed by atoms with Crippen LogP contribution in [0.25, 0.3) is 0 Å². The summed E-state index contributed by atoms with van der Waals surface area (Å²) in [7, 11) is 1.25. The number of carbonyl (C=O) groups is 3. The molecule has 1 N–H and O–H groups in total. The van der Waals surface area contributed by atoms with Crippen molar-refractivity contribution in [1.29, 1.82) is 0 Å². The quantitative estimate of drug-likeness (QED) is 0.790. The van der Waals surface area contributed by atoms with Crippen molar-refractivity contribution in [1.82, 2.24) is 0 Å². The number of nitrogens with one attached hydrogen (secondary N) is 1. The zero-order valence-electron chi connectivity index (χ0n) is 15.3. The summed E-state index contributed by atoms with van der Waals surface area (Å²) in [5.74, 6) is -2.52. The molecule has 1 aliphatic heterocycles. The van der Waals surface area contributed by atoms with E-state index in [1.165, 1.54) is 42.3 Å². The van der Waals surface area contributed by atoms with Crippen LogP contribution >= 0.6 is 11.6 Å². The average Bonchev–Trinajstić information content (AvgIpc) is 3.04. The number of nitrogens with zero attached hydrogens (tertiary/aromatic N) is 1. The van der Waals surface area contributed by atoms with E-state index in [-0.39, 0.29) is 40.8 Å². The molecule has 1 heterocycles. The van der Waals surface area contributed by atoms with Gasteiger partial charge in [0, 0.05) is 13.0 Å². The van der Waals surface area contributed by atoms with Crippen LogP contribution in [0.15, 0.2) is 36.4 Å². The van der Waals surface area contributed by atoms with Gasteiger partial charge in [0.05, 0.1) is 35.0 Å². The zero-order valence-corrected chi connectivity index (χ0v) is 16.0. The van der Waals surface area contributed by atoms with Crippen LogP contribution in [0, 0.1) is 18.7 Å². The fraction of sp³-hybridized carbons (Fsp3) is 0.250. The zero-order chi connectivity index (χ0) is 20.4. The molecule has 1 aliphatic rings. The Morgan fingerprint density at radius 2 is 2.00 bits per heavy atom. The highest BCUT2D eigenvalue weighted by atomic mass is 35.5. The fourth-order valence-corrected chi connectivity index (χ4v) is 3.21. The van der Waals surface area contributed by atoms with Gasteiger partial charge in [-0.25, -0.2) is 9.18 Å². The molecule has 1 saturated heterocycles. The van der Waals surface area contributed by atoms with Gasteiger partial charge >= 0.3 is 5.97 Å². The molecule has 1 atom stereocenters. The van der Waals surface area contributed by atoms with Crippen molar-refractivity contribution in [3.63, 3.8) is 0 Å². The minimum Gasteiger partial charge on any atom is -0.465 e. The second-order valence-electron chi connectivity index (χ2n) is 6.54. The lowest BCUT2D eigenvalue weighted by molar-refractivity contribution is -0.122. The van der Waals surface area contributed by atoms with Gasteiger partial charge in [0.25, 0.3) is 0 Å². The Balaban J connectivity index is 1.76. The highest BCUT2D eigenvalue weighted by Gasteiger charge is 2.36. The number of amides is 2. The van der Waals surface area contributed by atoms with Gasteiger partial charge in [-0.1, -0.05) is 17.7 Å². The Morgan fingerprint density at radius 3 is 2.68 bits per heavy atom. The molecular formula is C20H18ClFN2O4. The monoisotopic (exact) mass is 404 g/mol. The smallest absolute Gasteiger partial charge is 0.337 e. The second-order valence-corrected chi connectivity index (χ2v) is 6.94. The Labute approximate surface area is 166 Å². The topological polar surface area (TPSA) is 75.7 Å². The van der Waals surface area contributed by atoms with Crippen molar-refractivity contribution < 1.29 is 23.5 Å². The SMILES string of the molecule is COC(=O)c1ccc(Cl)c(NC(=O)C2CC(=O)N(c3ccc(C)cc3F)C2)c1. The van der Waals surface area contributed by atoms with Crippen LogP contribution in [-0.2, 0) is 14.3 Å². The van der Waals surface area contributed by atoms with E-state index in [4.69, 9.17) is 11.6 Å². The summed E-state index contributed by atoms with van der Waals surface area (Å²) in [5.41, 5.74) is 1.36. The van der Waals surface area contributed by atoms with E-state index in [1.54, 1.807) is 13.0 Å². The summed E-state index contributed by atoms with van der Waals surface area (Å²) >= 11 is 6.09. The highest BCUT2D eigenvalue weighted by Crippen LogP contribution is 2.30. The van der Waals surface area contributed by atoms with Crippen molar-refractivity contribution in [2.45, 2.75) is 13.3 Å². The van der Waals surface area contributed by atoms with Crippen LogP contribution in [0.1, 0.15) is 22.3 Å². The summed E-state index contributed by atoms with van der Waals surface area (Å²) in [6.07, 6.45) is -0.0482. The first-order chi connectivity index (χ1) is 13.3.